The van der Waals surface area contributed by atoms with Gasteiger partial charge in [0.15, 0.2) is 11.6 Å². The molecule has 0 unspecified atom stereocenters. The molecule has 2 aromatic carbocycles. The molecule has 24 heavy (non-hydrogen) atoms. The van der Waals surface area contributed by atoms with Crippen molar-refractivity contribution >= 4 is 21.7 Å². The third kappa shape index (κ3) is 3.86. The molecule has 0 N–H and O–H groups in total. The highest BCUT2D eigenvalue weighted by Gasteiger charge is 2.07. The number of carbonyl (C=O) groups excluding carboxylic acids is 1. The van der Waals surface area contributed by atoms with Crippen molar-refractivity contribution in [3.63, 3.8) is 0 Å². The van der Waals surface area contributed by atoms with E-state index in [9.17, 15) is 4.79 Å². The first-order valence-electron chi connectivity index (χ1n) is 7.42. The van der Waals surface area contributed by atoms with Crippen LogP contribution in [0, 0.1) is 6.92 Å². The topological polar surface area (TPSA) is 52.1 Å². The van der Waals surface area contributed by atoms with E-state index in [0.29, 0.717) is 23.0 Å². The maximum atomic E-state index is 11.3. The molecule has 1 aromatic heterocycles. The zero-order valence-electron chi connectivity index (χ0n) is 13.3. The molecule has 0 fully saturated rings. The second-order valence-corrected chi connectivity index (χ2v) is 6.28. The Morgan fingerprint density at radius 2 is 1.67 bits per heavy atom. The van der Waals surface area contributed by atoms with Gasteiger partial charge in [-0.15, -0.1) is 0 Å². The molecule has 3 rings (SSSR count). The minimum absolute atomic E-state index is 0.0250. The van der Waals surface area contributed by atoms with Crippen molar-refractivity contribution in [2.45, 2.75) is 13.8 Å². The molecule has 0 spiro atoms. The number of benzene rings is 2. The van der Waals surface area contributed by atoms with Crippen LogP contribution < -0.4 is 4.74 Å². The van der Waals surface area contributed by atoms with Gasteiger partial charge in [0.1, 0.15) is 5.75 Å². The fraction of sp³-hybridized carbons (Fsp3) is 0.105. The number of Topliss-reactive ketones (excluding diaryl/α,β-unsaturated/α-hetero) is 1. The fourth-order valence-electron chi connectivity index (χ4n) is 2.20. The highest BCUT2D eigenvalue weighted by molar-refractivity contribution is 9.10. The number of halogens is 1. The molecule has 0 bridgehead atoms. The monoisotopic (exact) mass is 382 g/mol. The molecule has 4 nitrogen and oxygen atoms in total. The van der Waals surface area contributed by atoms with Crippen molar-refractivity contribution in [3.05, 3.63) is 70.3 Å². The summed E-state index contributed by atoms with van der Waals surface area (Å²) in [6.45, 7) is 3.43. The molecule has 0 aliphatic rings. The van der Waals surface area contributed by atoms with E-state index >= 15 is 0 Å². The molecular formula is C19H15BrN2O2. The van der Waals surface area contributed by atoms with Crippen molar-refractivity contribution in [1.29, 1.82) is 0 Å². The van der Waals surface area contributed by atoms with Crippen molar-refractivity contribution in [3.8, 4) is 23.0 Å². The Labute approximate surface area is 148 Å². The van der Waals surface area contributed by atoms with Gasteiger partial charge in [0.05, 0.1) is 0 Å². The molecule has 0 saturated heterocycles. The molecule has 3 aromatic rings. The second kappa shape index (κ2) is 6.93. The molecule has 5 heteroatoms. The lowest BCUT2D eigenvalue weighted by Gasteiger charge is -2.08. The summed E-state index contributed by atoms with van der Waals surface area (Å²) in [5.41, 5.74) is 2.38. The standard InChI is InChI=1S/C19H15BrN2O2/c1-12-11-18(24-17-9-5-14(6-10-17)13(2)23)22-19(21-12)15-3-7-16(20)8-4-15/h3-11H,1-2H3. The first-order chi connectivity index (χ1) is 11.5. The van der Waals surface area contributed by atoms with Crippen LogP contribution in [0.1, 0.15) is 23.0 Å². The van der Waals surface area contributed by atoms with Crippen LogP contribution in [0.25, 0.3) is 11.4 Å². The van der Waals surface area contributed by atoms with Crippen LogP contribution in [-0.4, -0.2) is 15.8 Å². The predicted octanol–water partition coefficient (Wildman–Crippen LogP) is 5.21. The smallest absolute Gasteiger partial charge is 0.223 e. The minimum atomic E-state index is 0.0250. The van der Waals surface area contributed by atoms with E-state index in [1.807, 2.05) is 31.2 Å². The van der Waals surface area contributed by atoms with E-state index < -0.39 is 0 Å². The van der Waals surface area contributed by atoms with Crippen molar-refractivity contribution in [2.24, 2.45) is 0 Å². The van der Waals surface area contributed by atoms with Gasteiger partial charge in [-0.25, -0.2) is 4.98 Å². The van der Waals surface area contributed by atoms with Gasteiger partial charge in [-0.2, -0.15) is 4.98 Å². The molecule has 1 heterocycles. The van der Waals surface area contributed by atoms with Crippen LogP contribution in [0.5, 0.6) is 11.6 Å². The molecule has 120 valence electrons. The van der Waals surface area contributed by atoms with Gasteiger partial charge in [-0.3, -0.25) is 4.79 Å². The highest BCUT2D eigenvalue weighted by atomic mass is 79.9. The number of hydrogen-bond acceptors (Lipinski definition) is 4. The Bertz CT molecular complexity index is 875. The summed E-state index contributed by atoms with van der Waals surface area (Å²) in [5.74, 6) is 1.73. The minimum Gasteiger partial charge on any atom is -0.439 e. The van der Waals surface area contributed by atoms with Crippen LogP contribution in [0.2, 0.25) is 0 Å². The Kier molecular flexibility index (Phi) is 4.71. The normalized spacial score (nSPS) is 10.5. The van der Waals surface area contributed by atoms with Crippen molar-refractivity contribution in [1.82, 2.24) is 9.97 Å². The molecule has 0 aliphatic carbocycles. The van der Waals surface area contributed by atoms with Gasteiger partial charge in [0.2, 0.25) is 5.88 Å². The number of aromatic nitrogens is 2. The first kappa shape index (κ1) is 16.3. The van der Waals surface area contributed by atoms with Crippen LogP contribution in [-0.2, 0) is 0 Å². The quantitative estimate of drug-likeness (QED) is 0.581. The summed E-state index contributed by atoms with van der Waals surface area (Å²) in [6.07, 6.45) is 0. The molecule has 0 aliphatic heterocycles. The van der Waals surface area contributed by atoms with E-state index in [4.69, 9.17) is 4.74 Å². The van der Waals surface area contributed by atoms with E-state index in [1.165, 1.54) is 6.92 Å². The maximum absolute atomic E-state index is 11.3. The second-order valence-electron chi connectivity index (χ2n) is 5.36. The van der Waals surface area contributed by atoms with Gasteiger partial charge in [0.25, 0.3) is 0 Å². The average molecular weight is 383 g/mol. The van der Waals surface area contributed by atoms with Gasteiger partial charge < -0.3 is 4.74 Å². The van der Waals surface area contributed by atoms with Crippen molar-refractivity contribution < 1.29 is 9.53 Å². The van der Waals surface area contributed by atoms with Crippen LogP contribution >= 0.6 is 15.9 Å². The van der Waals surface area contributed by atoms with Crippen LogP contribution in [0.4, 0.5) is 0 Å². The SMILES string of the molecule is CC(=O)c1ccc(Oc2cc(C)nc(-c3ccc(Br)cc3)n2)cc1. The number of ether oxygens (including phenoxy) is 1. The number of nitrogens with zero attached hydrogens (tertiary/aromatic N) is 2. The number of rotatable bonds is 4. The van der Waals surface area contributed by atoms with Gasteiger partial charge in [0, 0.05) is 27.4 Å². The average Bonchev–Trinajstić information content (AvgIpc) is 2.55. The van der Waals surface area contributed by atoms with Crippen molar-refractivity contribution in [2.75, 3.05) is 0 Å². The van der Waals surface area contributed by atoms with E-state index in [1.54, 1.807) is 30.3 Å². The predicted molar refractivity (Wildman–Crippen MR) is 96.4 cm³/mol. The summed E-state index contributed by atoms with van der Waals surface area (Å²) in [7, 11) is 0. The molecule has 0 saturated carbocycles. The first-order valence-corrected chi connectivity index (χ1v) is 8.21. The maximum Gasteiger partial charge on any atom is 0.223 e. The third-order valence-electron chi connectivity index (χ3n) is 3.42. The lowest BCUT2D eigenvalue weighted by atomic mass is 10.1. The number of aryl methyl sites for hydroxylation is 1. The van der Waals surface area contributed by atoms with Crippen LogP contribution in [0.15, 0.2) is 59.1 Å². The Morgan fingerprint density at radius 3 is 2.29 bits per heavy atom. The number of hydrogen-bond donors (Lipinski definition) is 0. The number of ketones is 1. The summed E-state index contributed by atoms with van der Waals surface area (Å²) in [5, 5.41) is 0. The molecule has 0 amide bonds. The molecule has 0 atom stereocenters. The Balaban J connectivity index is 1.88. The summed E-state index contributed by atoms with van der Waals surface area (Å²) >= 11 is 3.42. The highest BCUT2D eigenvalue weighted by Crippen LogP contribution is 2.25. The largest absolute Gasteiger partial charge is 0.439 e. The van der Waals surface area contributed by atoms with Crippen LogP contribution in [0.3, 0.4) is 0 Å². The van der Waals surface area contributed by atoms with E-state index in [2.05, 4.69) is 25.9 Å². The number of carbonyl (C=O) groups is 1. The zero-order valence-corrected chi connectivity index (χ0v) is 14.9. The van der Waals surface area contributed by atoms with E-state index in [0.717, 1.165) is 15.7 Å². The Morgan fingerprint density at radius 1 is 1.00 bits per heavy atom. The van der Waals surface area contributed by atoms with Gasteiger partial charge >= 0.3 is 0 Å². The summed E-state index contributed by atoms with van der Waals surface area (Å²) in [4.78, 5) is 20.3. The van der Waals surface area contributed by atoms with E-state index in [-0.39, 0.29) is 5.78 Å². The molecule has 0 radical (unpaired) electrons. The van der Waals surface area contributed by atoms with Gasteiger partial charge in [-0.1, -0.05) is 28.1 Å². The third-order valence-corrected chi connectivity index (χ3v) is 3.95. The Hall–Kier alpha value is -2.53. The zero-order chi connectivity index (χ0) is 17.1. The molecular weight excluding hydrogens is 368 g/mol. The fourth-order valence-corrected chi connectivity index (χ4v) is 2.46. The summed E-state index contributed by atoms with van der Waals surface area (Å²) in [6, 6.07) is 16.6. The lowest BCUT2D eigenvalue weighted by Crippen LogP contribution is -1.96. The van der Waals surface area contributed by atoms with Gasteiger partial charge in [-0.05, 0) is 50.2 Å². The summed E-state index contributed by atoms with van der Waals surface area (Å²) < 4.78 is 6.81. The lowest BCUT2D eigenvalue weighted by molar-refractivity contribution is 0.101.